The third-order valence-corrected chi connectivity index (χ3v) is 11.1. The summed E-state index contributed by atoms with van der Waals surface area (Å²) in [5.74, 6) is 0. The van der Waals surface area contributed by atoms with Gasteiger partial charge in [0, 0.05) is 11.1 Å². The minimum atomic E-state index is 1.29. The van der Waals surface area contributed by atoms with Gasteiger partial charge in [0.25, 0.3) is 0 Å². The highest BCUT2D eigenvalue weighted by Crippen LogP contribution is 2.32. The van der Waals surface area contributed by atoms with E-state index in [1.54, 1.807) is 11.1 Å². The van der Waals surface area contributed by atoms with Crippen molar-refractivity contribution in [2.45, 2.75) is 58.0 Å². The fourth-order valence-corrected chi connectivity index (χ4v) is 8.41. The van der Waals surface area contributed by atoms with Gasteiger partial charge in [-0.15, -0.1) is 0 Å². The molecule has 0 radical (unpaired) electrons. The van der Waals surface area contributed by atoms with Crippen molar-refractivity contribution in [2.75, 3.05) is 91.6 Å². The Balaban J connectivity index is 1.19. The predicted octanol–water partition coefficient (Wildman–Crippen LogP) is 3.75. The average Bonchev–Trinajstić information content (AvgIpc) is 2.85. The molecule has 15 aliphatic rings. The summed E-state index contributed by atoms with van der Waals surface area (Å²) < 4.78 is 5.67. The highest BCUT2D eigenvalue weighted by Gasteiger charge is 2.50. The molecule has 1 aromatic carbocycles. The first kappa shape index (κ1) is 22.5. The maximum absolute atomic E-state index is 2.61. The van der Waals surface area contributed by atoms with E-state index in [0.29, 0.717) is 0 Å². The minimum absolute atomic E-state index is 1.29. The van der Waals surface area contributed by atoms with E-state index in [2.05, 4.69) is 24.3 Å². The van der Waals surface area contributed by atoms with Crippen molar-refractivity contribution in [2.24, 2.45) is 0 Å². The van der Waals surface area contributed by atoms with Crippen molar-refractivity contribution < 1.29 is 17.9 Å². The molecule has 182 valence electrons. The fourth-order valence-electron chi connectivity index (χ4n) is 8.41. The second-order valence-corrected chi connectivity index (χ2v) is 13.1. The van der Waals surface area contributed by atoms with Crippen molar-refractivity contribution in [3.8, 4) is 0 Å². The molecule has 0 aromatic heterocycles. The second-order valence-electron chi connectivity index (χ2n) is 13.1. The number of piperazine rings is 6. The van der Waals surface area contributed by atoms with Gasteiger partial charge < -0.3 is 17.9 Å². The quantitative estimate of drug-likeness (QED) is 0.524. The van der Waals surface area contributed by atoms with Crippen LogP contribution in [0.2, 0.25) is 0 Å². The zero-order valence-electron chi connectivity index (χ0n) is 21.4. The molecule has 0 N–H and O–H groups in total. The number of hydrogen-bond acceptors (Lipinski definition) is 0. The van der Waals surface area contributed by atoms with Crippen LogP contribution in [0.3, 0.4) is 0 Å². The molecule has 0 amide bonds. The van der Waals surface area contributed by atoms with E-state index >= 15 is 0 Å². The number of nitrogens with zero attached hydrogens (tertiary/aromatic N) is 4. The SMILES string of the molecule is c1cc2cc(c1)C[N+]13CC[N+](CCCCCCCCC[N+]45CC[N+](CC4)(CC5)C2)(CC1)CC3. The highest BCUT2D eigenvalue weighted by atomic mass is 15.5. The summed E-state index contributed by atoms with van der Waals surface area (Å²) in [5, 5.41) is 0. The van der Waals surface area contributed by atoms with E-state index in [9.17, 15) is 0 Å². The van der Waals surface area contributed by atoms with Crippen molar-refractivity contribution >= 4 is 0 Å². The monoisotopic (exact) mass is 454 g/mol. The molecule has 0 saturated carbocycles. The van der Waals surface area contributed by atoms with Crippen molar-refractivity contribution in [3.63, 3.8) is 0 Å². The molecular formula is C29H50N4+4. The number of quaternary nitrogens is 4. The van der Waals surface area contributed by atoms with Crippen LogP contribution in [-0.2, 0) is 13.1 Å². The average molecular weight is 455 g/mol. The molecule has 6 bridgehead atoms. The molecule has 16 rings (SSSR count). The molecule has 6 fully saturated rings. The summed E-state index contributed by atoms with van der Waals surface area (Å²) in [7, 11) is 0. The molecule has 0 unspecified atom stereocenters. The summed E-state index contributed by atoms with van der Waals surface area (Å²) in [5.41, 5.74) is 3.24. The maximum atomic E-state index is 2.61. The van der Waals surface area contributed by atoms with Gasteiger partial charge in [-0.1, -0.05) is 37.5 Å². The molecule has 0 aliphatic carbocycles. The van der Waals surface area contributed by atoms with Crippen LogP contribution < -0.4 is 0 Å². The van der Waals surface area contributed by atoms with E-state index in [1.165, 1.54) is 168 Å². The molecule has 33 heavy (non-hydrogen) atoms. The Morgan fingerprint density at radius 3 is 1.09 bits per heavy atom. The number of rotatable bonds is 0. The molecule has 0 atom stereocenters. The Morgan fingerprint density at radius 1 is 0.364 bits per heavy atom. The van der Waals surface area contributed by atoms with Gasteiger partial charge in [0.1, 0.15) is 91.6 Å². The zero-order chi connectivity index (χ0) is 22.2. The molecule has 6 saturated heterocycles. The summed E-state index contributed by atoms with van der Waals surface area (Å²) in [6.07, 6.45) is 10.4. The molecule has 15 aliphatic heterocycles. The smallest absolute Gasteiger partial charge is 0.129 e. The molecule has 4 heteroatoms. The van der Waals surface area contributed by atoms with Crippen LogP contribution >= 0.6 is 0 Å². The van der Waals surface area contributed by atoms with Gasteiger partial charge in [-0.05, 0) is 31.7 Å². The molecule has 4 nitrogen and oxygen atoms in total. The van der Waals surface area contributed by atoms with Crippen molar-refractivity contribution in [1.29, 1.82) is 0 Å². The first-order valence-electron chi connectivity index (χ1n) is 14.6. The lowest BCUT2D eigenvalue weighted by molar-refractivity contribution is -1.09. The first-order chi connectivity index (χ1) is 16.1. The van der Waals surface area contributed by atoms with Gasteiger partial charge in [0.15, 0.2) is 0 Å². The Bertz CT molecular complexity index is 720. The first-order valence-corrected chi connectivity index (χ1v) is 14.6. The molecule has 0 spiro atoms. The minimum Gasteiger partial charge on any atom is -0.310 e. The van der Waals surface area contributed by atoms with Crippen LogP contribution in [0.1, 0.15) is 56.1 Å². The Morgan fingerprint density at radius 2 is 0.697 bits per heavy atom. The normalized spacial score (nSPS) is 42.1. The van der Waals surface area contributed by atoms with E-state index < -0.39 is 0 Å². The fraction of sp³-hybridized carbons (Fsp3) is 0.793. The van der Waals surface area contributed by atoms with Crippen molar-refractivity contribution in [1.82, 2.24) is 0 Å². The molecular weight excluding hydrogens is 404 g/mol. The number of hydrogen-bond donors (Lipinski definition) is 0. The third-order valence-electron chi connectivity index (χ3n) is 11.1. The second kappa shape index (κ2) is 8.93. The topological polar surface area (TPSA) is 0 Å². The Labute approximate surface area is 203 Å². The van der Waals surface area contributed by atoms with E-state index in [-0.39, 0.29) is 0 Å². The summed E-state index contributed by atoms with van der Waals surface area (Å²) in [6, 6.07) is 9.87. The lowest BCUT2D eigenvalue weighted by Crippen LogP contribution is -2.74. The summed E-state index contributed by atoms with van der Waals surface area (Å²) >= 11 is 0. The standard InChI is InChI=1S/C29H50N4/c1-2-4-6-11-30-13-19-32(20-14-30,21-15-30)26-28-9-8-10-29(25-28)27-33-22-16-31(17-23-33,18-24-33)12-7-5-3-1/h8-10,25H,1-7,11-24,26-27H2/q+4. The Kier molecular flexibility index (Phi) is 6.09. The third kappa shape index (κ3) is 4.66. The summed E-state index contributed by atoms with van der Waals surface area (Å²) in [4.78, 5) is 0. The van der Waals surface area contributed by atoms with Crippen LogP contribution in [0.5, 0.6) is 0 Å². The van der Waals surface area contributed by atoms with Crippen LogP contribution in [0.4, 0.5) is 0 Å². The van der Waals surface area contributed by atoms with Crippen molar-refractivity contribution in [3.05, 3.63) is 35.4 Å². The van der Waals surface area contributed by atoms with E-state index in [0.717, 1.165) is 0 Å². The van der Waals surface area contributed by atoms with Gasteiger partial charge in [-0.3, -0.25) is 0 Å². The van der Waals surface area contributed by atoms with Crippen LogP contribution in [0, 0.1) is 0 Å². The van der Waals surface area contributed by atoms with Gasteiger partial charge in [0.05, 0.1) is 13.1 Å². The highest BCUT2D eigenvalue weighted by molar-refractivity contribution is 5.22. The lowest BCUT2D eigenvalue weighted by atomic mass is 10.00. The zero-order valence-corrected chi connectivity index (χ0v) is 21.4. The van der Waals surface area contributed by atoms with Crippen LogP contribution in [0.15, 0.2) is 24.3 Å². The van der Waals surface area contributed by atoms with Gasteiger partial charge in [0.2, 0.25) is 0 Å². The van der Waals surface area contributed by atoms with Crippen LogP contribution in [0.25, 0.3) is 0 Å². The van der Waals surface area contributed by atoms with E-state index in [4.69, 9.17) is 0 Å². The largest absolute Gasteiger partial charge is 0.310 e. The van der Waals surface area contributed by atoms with Crippen LogP contribution in [-0.4, -0.2) is 110 Å². The number of benzene rings is 1. The molecule has 15 heterocycles. The molecule has 1 aromatic rings. The van der Waals surface area contributed by atoms with Gasteiger partial charge in [-0.25, -0.2) is 0 Å². The Hall–Kier alpha value is -0.940. The summed E-state index contributed by atoms with van der Waals surface area (Å²) in [6.45, 7) is 22.7. The lowest BCUT2D eigenvalue weighted by Gasteiger charge is -2.56. The van der Waals surface area contributed by atoms with Gasteiger partial charge >= 0.3 is 0 Å². The van der Waals surface area contributed by atoms with E-state index in [1.807, 2.05) is 0 Å². The maximum Gasteiger partial charge on any atom is 0.129 e. The predicted molar refractivity (Wildman–Crippen MR) is 135 cm³/mol. The van der Waals surface area contributed by atoms with Gasteiger partial charge in [-0.2, -0.15) is 0 Å².